The fraction of sp³-hybridized carbons (Fsp3) is 0.375. The van der Waals surface area contributed by atoms with E-state index in [-0.39, 0.29) is 17.9 Å². The van der Waals surface area contributed by atoms with Crippen LogP contribution in [0.3, 0.4) is 0 Å². The summed E-state index contributed by atoms with van der Waals surface area (Å²) in [4.78, 5) is 36.5. The van der Waals surface area contributed by atoms with Gasteiger partial charge in [0, 0.05) is 39.5 Å². The number of benzene rings is 2. The molecule has 1 fully saturated rings. The lowest BCUT2D eigenvalue weighted by molar-refractivity contribution is -0.134. The van der Waals surface area contributed by atoms with Crippen LogP contribution >= 0.6 is 0 Å². The smallest absolute Gasteiger partial charge is 0.234 e. The van der Waals surface area contributed by atoms with Gasteiger partial charge in [0.15, 0.2) is 0 Å². The molecule has 0 bridgehead atoms. The van der Waals surface area contributed by atoms with E-state index in [0.717, 1.165) is 28.2 Å². The van der Waals surface area contributed by atoms with Gasteiger partial charge in [-0.05, 0) is 29.8 Å². The summed E-state index contributed by atoms with van der Waals surface area (Å²) in [5.41, 5.74) is 2.97. The molecular weight excluding hydrogens is 406 g/mol. The van der Waals surface area contributed by atoms with Gasteiger partial charge >= 0.3 is 0 Å². The molecule has 4 rings (SSSR count). The summed E-state index contributed by atoms with van der Waals surface area (Å²) in [6, 6.07) is 15.6. The van der Waals surface area contributed by atoms with E-state index in [0.29, 0.717) is 39.1 Å². The zero-order valence-corrected chi connectivity index (χ0v) is 18.5. The van der Waals surface area contributed by atoms with Crippen LogP contribution < -0.4 is 10.1 Å². The fourth-order valence-corrected chi connectivity index (χ4v) is 4.17. The van der Waals surface area contributed by atoms with Gasteiger partial charge in [-0.15, -0.1) is 0 Å². The third-order valence-electron chi connectivity index (χ3n) is 5.86. The fourth-order valence-electron chi connectivity index (χ4n) is 4.17. The van der Waals surface area contributed by atoms with Crippen LogP contribution in [0.5, 0.6) is 5.75 Å². The van der Waals surface area contributed by atoms with Crippen LogP contribution in [-0.2, 0) is 16.0 Å². The Hall–Kier alpha value is -3.39. The molecule has 0 unspecified atom stereocenters. The minimum atomic E-state index is -0.0875. The zero-order chi connectivity index (χ0) is 22.5. The lowest BCUT2D eigenvalue weighted by Gasteiger charge is -2.41. The van der Waals surface area contributed by atoms with Gasteiger partial charge in [0.1, 0.15) is 11.6 Å². The minimum Gasteiger partial charge on any atom is -0.497 e. The maximum Gasteiger partial charge on any atom is 0.234 e. The molecule has 1 aromatic heterocycles. The van der Waals surface area contributed by atoms with Gasteiger partial charge in [-0.2, -0.15) is 0 Å². The number of para-hydroxylation sites is 2. The Kier molecular flexibility index (Phi) is 6.70. The first-order chi connectivity index (χ1) is 15.5. The molecule has 168 valence electrons. The average Bonchev–Trinajstić information content (AvgIpc) is 3.21. The normalized spacial score (nSPS) is 16.8. The average molecular weight is 436 g/mol. The molecule has 1 atom stereocenters. The topological polar surface area (TPSA) is 90.6 Å². The molecule has 0 spiro atoms. The van der Waals surface area contributed by atoms with Crippen LogP contribution in [0.25, 0.3) is 11.0 Å². The SMILES string of the molecule is COc1ccc([C@H]2CN(CC(=O)NCCc3nc4ccccc4[nH]3)CCN2C(C)=O)cc1. The third kappa shape index (κ3) is 5.08. The lowest BCUT2D eigenvalue weighted by atomic mass is 10.0. The van der Waals surface area contributed by atoms with E-state index in [1.165, 1.54) is 0 Å². The van der Waals surface area contributed by atoms with Gasteiger partial charge in [0.05, 0.1) is 30.7 Å². The maximum atomic E-state index is 12.5. The number of aromatic nitrogens is 2. The van der Waals surface area contributed by atoms with Crippen molar-refractivity contribution in [1.82, 2.24) is 25.1 Å². The van der Waals surface area contributed by atoms with Crippen molar-refractivity contribution in [3.63, 3.8) is 0 Å². The Morgan fingerprint density at radius 1 is 1.16 bits per heavy atom. The van der Waals surface area contributed by atoms with Gasteiger partial charge < -0.3 is 19.9 Å². The second-order valence-corrected chi connectivity index (χ2v) is 8.04. The number of nitrogens with zero attached hydrogens (tertiary/aromatic N) is 3. The zero-order valence-electron chi connectivity index (χ0n) is 18.5. The molecule has 2 amide bonds. The highest BCUT2D eigenvalue weighted by Gasteiger charge is 2.30. The molecular formula is C24H29N5O3. The highest BCUT2D eigenvalue weighted by Crippen LogP contribution is 2.27. The molecule has 32 heavy (non-hydrogen) atoms. The highest BCUT2D eigenvalue weighted by molar-refractivity contribution is 5.78. The summed E-state index contributed by atoms with van der Waals surface area (Å²) < 4.78 is 5.24. The van der Waals surface area contributed by atoms with Crippen molar-refractivity contribution < 1.29 is 14.3 Å². The Morgan fingerprint density at radius 2 is 1.94 bits per heavy atom. The molecule has 2 aromatic carbocycles. The van der Waals surface area contributed by atoms with E-state index in [2.05, 4.69) is 20.2 Å². The number of rotatable bonds is 7. The summed E-state index contributed by atoms with van der Waals surface area (Å²) in [6.45, 7) is 4.30. The number of imidazole rings is 1. The number of hydrogen-bond acceptors (Lipinski definition) is 5. The number of piperazine rings is 1. The standard InChI is InChI=1S/C24H29N5O3/c1-17(30)29-14-13-28(15-22(29)18-7-9-19(32-2)10-8-18)16-24(31)25-12-11-23-26-20-5-3-4-6-21(20)27-23/h3-10,22H,11-16H2,1-2H3,(H,25,31)(H,26,27)/t22-/m1/s1. The second kappa shape index (κ2) is 9.82. The van der Waals surface area contributed by atoms with E-state index in [1.54, 1.807) is 14.0 Å². The highest BCUT2D eigenvalue weighted by atomic mass is 16.5. The summed E-state index contributed by atoms with van der Waals surface area (Å²) in [7, 11) is 1.63. The first-order valence-corrected chi connectivity index (χ1v) is 10.9. The van der Waals surface area contributed by atoms with Crippen LogP contribution in [0.1, 0.15) is 24.4 Å². The molecule has 0 aliphatic carbocycles. The first kappa shape index (κ1) is 21.8. The van der Waals surface area contributed by atoms with E-state index < -0.39 is 0 Å². The van der Waals surface area contributed by atoms with Crippen LogP contribution in [-0.4, -0.2) is 71.4 Å². The molecule has 1 saturated heterocycles. The number of carbonyl (C=O) groups excluding carboxylic acids is 2. The summed E-state index contributed by atoms with van der Waals surface area (Å²) in [5.74, 6) is 1.66. The molecule has 1 aliphatic heterocycles. The van der Waals surface area contributed by atoms with Gasteiger partial charge in [-0.25, -0.2) is 4.98 Å². The summed E-state index contributed by atoms with van der Waals surface area (Å²) >= 11 is 0. The van der Waals surface area contributed by atoms with Crippen LogP contribution in [0, 0.1) is 0 Å². The molecule has 2 N–H and O–H groups in total. The molecule has 0 radical (unpaired) electrons. The van der Waals surface area contributed by atoms with Crippen molar-refractivity contribution in [1.29, 1.82) is 0 Å². The predicted octanol–water partition coefficient (Wildman–Crippen LogP) is 2.14. The summed E-state index contributed by atoms with van der Waals surface area (Å²) in [5, 5.41) is 2.99. The summed E-state index contributed by atoms with van der Waals surface area (Å²) in [6.07, 6.45) is 0.646. The third-order valence-corrected chi connectivity index (χ3v) is 5.86. The number of aromatic amines is 1. The number of methoxy groups -OCH3 is 1. The number of amides is 2. The van der Waals surface area contributed by atoms with E-state index in [4.69, 9.17) is 4.74 Å². The van der Waals surface area contributed by atoms with Crippen molar-refractivity contribution in [2.24, 2.45) is 0 Å². The number of fused-ring (bicyclic) bond motifs is 1. The first-order valence-electron chi connectivity index (χ1n) is 10.9. The Morgan fingerprint density at radius 3 is 2.66 bits per heavy atom. The Bertz CT molecular complexity index is 1050. The van der Waals surface area contributed by atoms with E-state index in [1.807, 2.05) is 53.4 Å². The van der Waals surface area contributed by atoms with E-state index in [9.17, 15) is 9.59 Å². The number of carbonyl (C=O) groups is 2. The number of hydrogen-bond donors (Lipinski definition) is 2. The van der Waals surface area contributed by atoms with Gasteiger partial charge in [0.25, 0.3) is 0 Å². The molecule has 3 aromatic rings. The van der Waals surface area contributed by atoms with Crippen molar-refractivity contribution >= 4 is 22.8 Å². The van der Waals surface area contributed by atoms with Crippen LogP contribution in [0.15, 0.2) is 48.5 Å². The quantitative estimate of drug-likeness (QED) is 0.593. The largest absolute Gasteiger partial charge is 0.497 e. The molecule has 8 nitrogen and oxygen atoms in total. The van der Waals surface area contributed by atoms with Crippen molar-refractivity contribution in [2.45, 2.75) is 19.4 Å². The van der Waals surface area contributed by atoms with E-state index >= 15 is 0 Å². The van der Waals surface area contributed by atoms with Crippen molar-refractivity contribution in [3.8, 4) is 5.75 Å². The second-order valence-electron chi connectivity index (χ2n) is 8.04. The lowest BCUT2D eigenvalue weighted by Crippen LogP contribution is -2.52. The minimum absolute atomic E-state index is 0.0223. The van der Waals surface area contributed by atoms with Gasteiger partial charge in [-0.3, -0.25) is 14.5 Å². The molecule has 8 heteroatoms. The Balaban J connectivity index is 1.31. The van der Waals surface area contributed by atoms with Crippen molar-refractivity contribution in [2.75, 3.05) is 39.8 Å². The molecule has 1 aliphatic rings. The van der Waals surface area contributed by atoms with Crippen LogP contribution in [0.2, 0.25) is 0 Å². The van der Waals surface area contributed by atoms with Gasteiger partial charge in [0.2, 0.25) is 11.8 Å². The molecule has 2 heterocycles. The maximum absolute atomic E-state index is 12.5. The van der Waals surface area contributed by atoms with Crippen LogP contribution in [0.4, 0.5) is 0 Å². The van der Waals surface area contributed by atoms with Crippen molar-refractivity contribution in [3.05, 3.63) is 59.9 Å². The van der Waals surface area contributed by atoms with Gasteiger partial charge in [-0.1, -0.05) is 24.3 Å². The monoisotopic (exact) mass is 435 g/mol. The number of H-pyrrole nitrogens is 1. The number of ether oxygens (including phenoxy) is 1. The predicted molar refractivity (Wildman–Crippen MR) is 122 cm³/mol. The molecule has 0 saturated carbocycles. The number of nitrogens with one attached hydrogen (secondary N) is 2. The Labute approximate surface area is 187 Å².